The van der Waals surface area contributed by atoms with Gasteiger partial charge in [0.05, 0.1) is 19.7 Å². The van der Waals surface area contributed by atoms with Gasteiger partial charge >= 0.3 is 30.0 Å². The van der Waals surface area contributed by atoms with Crippen molar-refractivity contribution in [1.29, 1.82) is 0 Å². The fraction of sp³-hybridized carbons (Fsp3) is 0.586. The molecular formula is C29H39ClN2O12S. The Morgan fingerprint density at radius 2 is 1.62 bits per heavy atom. The molecule has 0 aliphatic carbocycles. The Morgan fingerprint density at radius 3 is 2.11 bits per heavy atom. The molecule has 250 valence electrons. The lowest BCUT2D eigenvalue weighted by molar-refractivity contribution is -0.220. The average Bonchev–Trinajstić information content (AvgIpc) is 2.93. The Balaban J connectivity index is 2.67. The number of ether oxygens (including phenoxy) is 6. The highest BCUT2D eigenvalue weighted by Gasteiger charge is 2.58. The normalized spacial score (nSPS) is 22.6. The first-order chi connectivity index (χ1) is 20.9. The van der Waals surface area contributed by atoms with E-state index in [1.165, 1.54) is 30.5 Å². The smallest absolute Gasteiger partial charge is 0.408 e. The van der Waals surface area contributed by atoms with E-state index in [9.17, 15) is 28.8 Å². The van der Waals surface area contributed by atoms with Crippen LogP contribution in [0.15, 0.2) is 24.3 Å². The van der Waals surface area contributed by atoms with Gasteiger partial charge in [0.1, 0.15) is 17.8 Å². The Kier molecular flexibility index (Phi) is 13.5. The summed E-state index contributed by atoms with van der Waals surface area (Å²) in [5.74, 6) is -3.87. The van der Waals surface area contributed by atoms with Crippen LogP contribution in [0.2, 0.25) is 5.02 Å². The van der Waals surface area contributed by atoms with Crippen molar-refractivity contribution in [3.05, 3.63) is 34.9 Å². The summed E-state index contributed by atoms with van der Waals surface area (Å²) >= 11 is 6.83. The number of carbonyl (C=O) groups excluding carboxylic acids is 6. The van der Waals surface area contributed by atoms with E-state index in [0.29, 0.717) is 5.02 Å². The molecule has 0 saturated carbocycles. The summed E-state index contributed by atoms with van der Waals surface area (Å²) in [5, 5.41) is 5.62. The monoisotopic (exact) mass is 674 g/mol. The number of esters is 4. The first-order valence-corrected chi connectivity index (χ1v) is 15.4. The predicted molar refractivity (Wildman–Crippen MR) is 161 cm³/mol. The van der Waals surface area contributed by atoms with E-state index in [2.05, 4.69) is 10.6 Å². The molecule has 0 spiro atoms. The zero-order chi connectivity index (χ0) is 34.1. The molecule has 16 heteroatoms. The molecule has 2 amide bonds. The van der Waals surface area contributed by atoms with E-state index < -0.39 is 83.4 Å². The molecule has 2 rings (SSSR count). The molecule has 1 aliphatic rings. The number of halogens is 1. The summed E-state index contributed by atoms with van der Waals surface area (Å²) in [4.78, 5) is 74.2. The molecule has 1 aromatic rings. The van der Waals surface area contributed by atoms with Gasteiger partial charge in [-0.1, -0.05) is 11.6 Å². The van der Waals surface area contributed by atoms with Crippen LogP contribution in [0.3, 0.4) is 0 Å². The number of methoxy groups -OCH3 is 1. The van der Waals surface area contributed by atoms with E-state index in [1.807, 2.05) is 0 Å². The second kappa shape index (κ2) is 16.1. The van der Waals surface area contributed by atoms with Crippen molar-refractivity contribution in [1.82, 2.24) is 10.6 Å². The van der Waals surface area contributed by atoms with Crippen molar-refractivity contribution in [2.24, 2.45) is 0 Å². The molecule has 1 aliphatic heterocycles. The van der Waals surface area contributed by atoms with Crippen molar-refractivity contribution in [3.63, 3.8) is 0 Å². The zero-order valence-corrected chi connectivity index (χ0v) is 27.9. The quantitative estimate of drug-likeness (QED) is 0.258. The van der Waals surface area contributed by atoms with Gasteiger partial charge in [-0.15, -0.1) is 11.8 Å². The highest BCUT2D eigenvalue weighted by Crippen LogP contribution is 2.41. The van der Waals surface area contributed by atoms with Gasteiger partial charge in [0.25, 0.3) is 5.91 Å². The molecule has 6 atom stereocenters. The molecule has 14 nitrogen and oxygen atoms in total. The lowest BCUT2D eigenvalue weighted by Crippen LogP contribution is -2.68. The zero-order valence-electron chi connectivity index (χ0n) is 26.3. The third kappa shape index (κ3) is 11.1. The number of benzene rings is 1. The summed E-state index contributed by atoms with van der Waals surface area (Å²) in [5.41, 5.74) is -0.715. The number of nitrogens with one attached hydrogen (secondary N) is 2. The van der Waals surface area contributed by atoms with Crippen LogP contribution < -0.4 is 10.6 Å². The Morgan fingerprint density at radius 1 is 1.02 bits per heavy atom. The van der Waals surface area contributed by atoms with Crippen molar-refractivity contribution in [3.8, 4) is 0 Å². The second-order valence-corrected chi connectivity index (χ2v) is 12.5. The number of hydrogen-bond acceptors (Lipinski definition) is 13. The van der Waals surface area contributed by atoms with Gasteiger partial charge in [-0.05, 0) is 51.3 Å². The van der Waals surface area contributed by atoms with Gasteiger partial charge in [0.2, 0.25) is 4.93 Å². The van der Waals surface area contributed by atoms with E-state index in [0.717, 1.165) is 39.6 Å². The topological polar surface area (TPSA) is 182 Å². The Bertz CT molecular complexity index is 1250. The summed E-state index contributed by atoms with van der Waals surface area (Å²) in [6.45, 7) is 7.77. The molecule has 1 aromatic carbocycles. The first kappa shape index (κ1) is 37.6. The van der Waals surface area contributed by atoms with Gasteiger partial charge in [-0.3, -0.25) is 19.2 Å². The van der Waals surface area contributed by atoms with Gasteiger partial charge in [0, 0.05) is 37.8 Å². The molecule has 0 unspecified atom stereocenters. The Labute approximate surface area is 270 Å². The molecule has 1 fully saturated rings. The third-order valence-corrected chi connectivity index (χ3v) is 7.60. The van der Waals surface area contributed by atoms with Crippen molar-refractivity contribution in [2.45, 2.75) is 89.0 Å². The van der Waals surface area contributed by atoms with Crippen LogP contribution in [0.1, 0.15) is 58.3 Å². The number of alkyl carbamates (subject to hydrolysis) is 1. The van der Waals surface area contributed by atoms with Crippen LogP contribution in [-0.4, -0.2) is 96.8 Å². The predicted octanol–water partition coefficient (Wildman–Crippen LogP) is 2.78. The van der Waals surface area contributed by atoms with E-state index in [4.69, 9.17) is 40.0 Å². The second-order valence-electron chi connectivity index (χ2n) is 11.0. The SMILES string of the molecule is COC(=O)[C@@]1(SC)C[C@H](OC(C)=O)[C@@H](NC(=O)OC(C)(C)C)[C@H]([C@H](OC(C)=O)[C@@H](CNC(=O)c2ccc(Cl)cc2)OC(C)=O)O1. The lowest BCUT2D eigenvalue weighted by atomic mass is 9.89. The van der Waals surface area contributed by atoms with Crippen LogP contribution >= 0.6 is 23.4 Å². The summed E-state index contributed by atoms with van der Waals surface area (Å²) in [6.07, 6.45) is -5.54. The van der Waals surface area contributed by atoms with Crippen LogP contribution in [0.5, 0.6) is 0 Å². The van der Waals surface area contributed by atoms with Gasteiger partial charge in [0.15, 0.2) is 12.2 Å². The number of carbonyl (C=O) groups is 6. The van der Waals surface area contributed by atoms with Crippen LogP contribution in [0, 0.1) is 0 Å². The number of rotatable bonds is 11. The van der Waals surface area contributed by atoms with Gasteiger partial charge in [-0.2, -0.15) is 0 Å². The number of thioether (sulfide) groups is 1. The highest BCUT2D eigenvalue weighted by molar-refractivity contribution is 8.00. The minimum absolute atomic E-state index is 0.227. The molecule has 1 heterocycles. The van der Waals surface area contributed by atoms with Crippen molar-refractivity contribution >= 4 is 59.2 Å². The third-order valence-electron chi connectivity index (χ3n) is 6.26. The molecule has 1 saturated heterocycles. The molecule has 0 aromatic heterocycles. The maximum absolute atomic E-state index is 13.1. The fourth-order valence-electron chi connectivity index (χ4n) is 4.55. The minimum Gasteiger partial charge on any atom is -0.466 e. The van der Waals surface area contributed by atoms with Crippen LogP contribution in [-0.2, 0) is 47.6 Å². The fourth-order valence-corrected chi connectivity index (χ4v) is 5.46. The standard InChI is InChI=1S/C29H39ClN2O12S/c1-15(33)40-20-13-29(45-8,26(37)39-7)43-24(22(20)32-27(38)44-28(4,5)6)23(42-17(3)35)21(41-16(2)34)14-31-25(36)18-9-11-19(30)12-10-18/h9-12,20-24H,13-14H2,1-8H3,(H,31,36)(H,32,38)/t20-,21+,22+,23+,24+,29-/m0/s1. The average molecular weight is 675 g/mol. The molecule has 0 radical (unpaired) electrons. The van der Waals surface area contributed by atoms with E-state index in [-0.39, 0.29) is 12.0 Å². The number of hydrogen-bond donors (Lipinski definition) is 2. The molecule has 0 bridgehead atoms. The largest absolute Gasteiger partial charge is 0.466 e. The maximum atomic E-state index is 13.1. The summed E-state index contributed by atoms with van der Waals surface area (Å²) in [6, 6.07) is 4.63. The van der Waals surface area contributed by atoms with Crippen LogP contribution in [0.25, 0.3) is 0 Å². The lowest BCUT2D eigenvalue weighted by Gasteiger charge is -2.48. The van der Waals surface area contributed by atoms with Crippen molar-refractivity contribution in [2.75, 3.05) is 19.9 Å². The number of amides is 2. The summed E-state index contributed by atoms with van der Waals surface area (Å²) in [7, 11) is 1.13. The molecule has 2 N–H and O–H groups in total. The van der Waals surface area contributed by atoms with E-state index >= 15 is 0 Å². The molecule has 45 heavy (non-hydrogen) atoms. The van der Waals surface area contributed by atoms with Crippen molar-refractivity contribution < 1.29 is 57.2 Å². The highest BCUT2D eigenvalue weighted by atomic mass is 35.5. The van der Waals surface area contributed by atoms with Gasteiger partial charge in [-0.25, -0.2) is 9.59 Å². The maximum Gasteiger partial charge on any atom is 0.408 e. The summed E-state index contributed by atoms with van der Waals surface area (Å²) < 4.78 is 33.4. The molecular weight excluding hydrogens is 636 g/mol. The Hall–Kier alpha value is -3.56. The first-order valence-electron chi connectivity index (χ1n) is 13.8. The van der Waals surface area contributed by atoms with E-state index in [1.54, 1.807) is 20.8 Å². The minimum atomic E-state index is -1.84. The van der Waals surface area contributed by atoms with Crippen LogP contribution in [0.4, 0.5) is 4.79 Å². The van der Waals surface area contributed by atoms with Gasteiger partial charge < -0.3 is 39.1 Å².